The van der Waals surface area contributed by atoms with Crippen molar-refractivity contribution in [2.75, 3.05) is 13.2 Å². The molecule has 1 atom stereocenters. The van der Waals surface area contributed by atoms with Crippen molar-refractivity contribution in [3.8, 4) is 27.7 Å². The van der Waals surface area contributed by atoms with Gasteiger partial charge < -0.3 is 25.2 Å². The Morgan fingerprint density at radius 1 is 0.900 bits per heavy atom. The number of benzene rings is 3. The molecule has 7 heteroatoms. The maximum Gasteiger partial charge on any atom is 0.119 e. The quantitative estimate of drug-likeness (QED) is 0.328. The number of aliphatic hydroxyl groups is 2. The van der Waals surface area contributed by atoms with Crippen LogP contribution in [0.15, 0.2) is 76.5 Å². The van der Waals surface area contributed by atoms with E-state index in [2.05, 4.69) is 0 Å². The molecule has 0 saturated heterocycles. The third kappa shape index (κ3) is 4.55. The number of aliphatic hydroxyl groups excluding tert-OH is 2. The summed E-state index contributed by atoms with van der Waals surface area (Å²) in [6.07, 6.45) is -0.902. The monoisotopic (exact) mass is 440 g/mol. The summed E-state index contributed by atoms with van der Waals surface area (Å²) in [6, 6.07) is 20.0. The van der Waals surface area contributed by atoms with Gasteiger partial charge in [0.15, 0.2) is 0 Å². The van der Waals surface area contributed by atoms with Crippen molar-refractivity contribution in [1.29, 1.82) is 0 Å². The van der Waals surface area contributed by atoms with Crippen LogP contribution < -0.4 is 4.74 Å². The van der Waals surface area contributed by atoms with Crippen LogP contribution in [0.3, 0.4) is 0 Å². The van der Waals surface area contributed by atoms with Crippen LogP contribution in [0.1, 0.15) is 0 Å². The third-order valence-electron chi connectivity index (χ3n) is 4.45. The number of hydrogen-bond donors (Lipinski definition) is 4. The van der Waals surface area contributed by atoms with E-state index in [4.69, 9.17) is 9.84 Å². The normalized spacial score (nSPS) is 12.2. The molecule has 0 spiro atoms. The molecule has 0 aliphatic heterocycles. The van der Waals surface area contributed by atoms with E-state index in [1.165, 1.54) is 0 Å². The molecule has 0 bridgehead atoms. The van der Waals surface area contributed by atoms with E-state index in [0.29, 0.717) is 5.75 Å². The Kier molecular flexibility index (Phi) is 6.15. The first-order valence-electron chi connectivity index (χ1n) is 9.28. The van der Waals surface area contributed by atoms with E-state index < -0.39 is 6.10 Å². The lowest BCUT2D eigenvalue weighted by atomic mass is 10.1. The number of phenolic OH excluding ortho intramolecular Hbond substituents is 2. The fourth-order valence-corrected chi connectivity index (χ4v) is 5.39. The summed E-state index contributed by atoms with van der Waals surface area (Å²) in [4.78, 5) is 3.15. The lowest BCUT2D eigenvalue weighted by molar-refractivity contribution is 0.0536. The smallest absolute Gasteiger partial charge is 0.119 e. The predicted molar refractivity (Wildman–Crippen MR) is 120 cm³/mol. The van der Waals surface area contributed by atoms with Crippen molar-refractivity contribution in [1.82, 2.24) is 0 Å². The van der Waals surface area contributed by atoms with Gasteiger partial charge >= 0.3 is 0 Å². The van der Waals surface area contributed by atoms with Crippen LogP contribution in [0, 0.1) is 0 Å². The van der Waals surface area contributed by atoms with E-state index in [1.54, 1.807) is 47.4 Å². The summed E-state index contributed by atoms with van der Waals surface area (Å²) in [5.41, 5.74) is 0.994. The number of rotatable bonds is 7. The number of hydrogen-bond acceptors (Lipinski definition) is 7. The molecule has 0 amide bonds. The van der Waals surface area contributed by atoms with Crippen molar-refractivity contribution >= 4 is 33.2 Å². The molecule has 0 aliphatic carbocycles. The van der Waals surface area contributed by atoms with Gasteiger partial charge in [-0.15, -0.1) is 11.3 Å². The SMILES string of the molecule is OCC(O)COc1ccc(Sc2c(-c3ccc(O)cc3)sc3cc(O)ccc23)cc1. The minimum absolute atomic E-state index is 0.0344. The lowest BCUT2D eigenvalue weighted by Crippen LogP contribution is -2.21. The van der Waals surface area contributed by atoms with Gasteiger partial charge in [0, 0.05) is 24.8 Å². The standard InChI is InChI=1S/C23H20O5S2/c24-12-17(27)13-28-18-6-8-19(9-7-18)29-23-20-10-5-16(26)11-21(20)30-22(23)14-1-3-15(25)4-2-14/h1-11,17,24-27H,12-13H2. The van der Waals surface area contributed by atoms with Gasteiger partial charge in [-0.25, -0.2) is 0 Å². The molecule has 5 nitrogen and oxygen atoms in total. The molecule has 30 heavy (non-hydrogen) atoms. The number of thiophene rings is 1. The first-order valence-corrected chi connectivity index (χ1v) is 10.9. The highest BCUT2D eigenvalue weighted by Crippen LogP contribution is 2.47. The zero-order valence-electron chi connectivity index (χ0n) is 15.9. The summed E-state index contributed by atoms with van der Waals surface area (Å²) in [5.74, 6) is 1.06. The molecule has 154 valence electrons. The highest BCUT2D eigenvalue weighted by molar-refractivity contribution is 8.00. The topological polar surface area (TPSA) is 90.2 Å². The zero-order valence-corrected chi connectivity index (χ0v) is 17.5. The summed E-state index contributed by atoms with van der Waals surface area (Å²) in [5, 5.41) is 38.9. The molecule has 3 aromatic carbocycles. The average Bonchev–Trinajstić information content (AvgIpc) is 3.10. The van der Waals surface area contributed by atoms with Gasteiger partial charge in [0.1, 0.15) is 30.0 Å². The lowest BCUT2D eigenvalue weighted by Gasteiger charge is -2.10. The highest BCUT2D eigenvalue weighted by Gasteiger charge is 2.16. The second-order valence-corrected chi connectivity index (χ2v) is 8.84. The Hall–Kier alpha value is -2.71. The number of phenols is 2. The van der Waals surface area contributed by atoms with Crippen molar-refractivity contribution in [2.24, 2.45) is 0 Å². The summed E-state index contributed by atoms with van der Waals surface area (Å²) < 4.78 is 6.45. The van der Waals surface area contributed by atoms with E-state index in [-0.39, 0.29) is 24.7 Å². The van der Waals surface area contributed by atoms with Crippen molar-refractivity contribution in [3.05, 3.63) is 66.7 Å². The molecule has 4 aromatic rings. The number of fused-ring (bicyclic) bond motifs is 1. The Bertz CT molecular complexity index is 1140. The summed E-state index contributed by atoms with van der Waals surface area (Å²) in [7, 11) is 0. The van der Waals surface area contributed by atoms with E-state index in [0.717, 1.165) is 30.3 Å². The van der Waals surface area contributed by atoms with E-state index in [9.17, 15) is 15.3 Å². The maximum atomic E-state index is 9.88. The van der Waals surface area contributed by atoms with Gasteiger partial charge in [-0.2, -0.15) is 0 Å². The largest absolute Gasteiger partial charge is 0.508 e. The van der Waals surface area contributed by atoms with Gasteiger partial charge in [0.25, 0.3) is 0 Å². The molecule has 0 saturated carbocycles. The van der Waals surface area contributed by atoms with Crippen LogP contribution in [-0.4, -0.2) is 39.7 Å². The van der Waals surface area contributed by atoms with Gasteiger partial charge in [0.2, 0.25) is 0 Å². The van der Waals surface area contributed by atoms with Gasteiger partial charge in [-0.3, -0.25) is 0 Å². The van der Waals surface area contributed by atoms with Crippen LogP contribution in [0.25, 0.3) is 20.5 Å². The molecule has 0 radical (unpaired) electrons. The molecular formula is C23H20O5S2. The fourth-order valence-electron chi connectivity index (χ4n) is 2.93. The van der Waals surface area contributed by atoms with Crippen molar-refractivity contribution in [2.45, 2.75) is 15.9 Å². The first kappa shape index (κ1) is 20.6. The molecule has 0 aliphatic rings. The molecule has 4 N–H and O–H groups in total. The molecule has 1 aromatic heterocycles. The summed E-state index contributed by atoms with van der Waals surface area (Å²) >= 11 is 3.21. The minimum Gasteiger partial charge on any atom is -0.508 e. The highest BCUT2D eigenvalue weighted by atomic mass is 32.2. The van der Waals surface area contributed by atoms with Gasteiger partial charge in [-0.05, 0) is 72.3 Å². The summed E-state index contributed by atoms with van der Waals surface area (Å²) in [6.45, 7) is -0.304. The first-order chi connectivity index (χ1) is 14.5. The number of aromatic hydroxyl groups is 2. The zero-order chi connectivity index (χ0) is 21.1. The molecule has 0 fully saturated rings. The Morgan fingerprint density at radius 3 is 2.30 bits per heavy atom. The van der Waals surface area contributed by atoms with Crippen molar-refractivity contribution in [3.63, 3.8) is 0 Å². The third-order valence-corrected chi connectivity index (χ3v) is 6.92. The van der Waals surface area contributed by atoms with E-state index >= 15 is 0 Å². The van der Waals surface area contributed by atoms with Crippen LogP contribution in [0.2, 0.25) is 0 Å². The van der Waals surface area contributed by atoms with E-state index in [1.807, 2.05) is 42.5 Å². The molecule has 1 heterocycles. The number of ether oxygens (including phenoxy) is 1. The van der Waals surface area contributed by atoms with Crippen LogP contribution in [0.4, 0.5) is 0 Å². The van der Waals surface area contributed by atoms with Crippen LogP contribution >= 0.6 is 23.1 Å². The second-order valence-electron chi connectivity index (χ2n) is 6.71. The molecule has 1 unspecified atom stereocenters. The fraction of sp³-hybridized carbons (Fsp3) is 0.130. The Labute approximate surface area is 181 Å². The van der Waals surface area contributed by atoms with Crippen LogP contribution in [0.5, 0.6) is 17.2 Å². The van der Waals surface area contributed by atoms with Crippen LogP contribution in [-0.2, 0) is 0 Å². The predicted octanol–water partition coefficient (Wildman–Crippen LogP) is 4.86. The van der Waals surface area contributed by atoms with Gasteiger partial charge in [-0.1, -0.05) is 11.8 Å². The average molecular weight is 441 g/mol. The molecule has 4 rings (SSSR count). The maximum absolute atomic E-state index is 9.88. The Balaban J connectivity index is 1.66. The minimum atomic E-state index is -0.902. The second kappa shape index (κ2) is 8.97. The van der Waals surface area contributed by atoms with Crippen molar-refractivity contribution < 1.29 is 25.2 Å². The molecular weight excluding hydrogens is 420 g/mol. The Morgan fingerprint density at radius 2 is 1.60 bits per heavy atom. The van der Waals surface area contributed by atoms with Gasteiger partial charge in [0.05, 0.1) is 6.61 Å².